The first-order chi connectivity index (χ1) is 5.75. The van der Waals surface area contributed by atoms with Gasteiger partial charge in [-0.1, -0.05) is 0 Å². The van der Waals surface area contributed by atoms with Crippen LogP contribution in [0.5, 0.6) is 0 Å². The second kappa shape index (κ2) is 3.40. The lowest BCUT2D eigenvalue weighted by Crippen LogP contribution is -2.62. The lowest BCUT2D eigenvalue weighted by atomic mass is 9.92. The van der Waals surface area contributed by atoms with E-state index in [0.717, 1.165) is 0 Å². The Morgan fingerprint density at radius 3 is 0.929 bits per heavy atom. The Kier molecular flexibility index (Phi) is 3.46. The van der Waals surface area contributed by atoms with E-state index >= 15 is 0 Å². The first kappa shape index (κ1) is 14.3. The molecule has 0 heterocycles. The van der Waals surface area contributed by atoms with Crippen molar-refractivity contribution in [2.75, 3.05) is 0 Å². The molecule has 0 N–H and O–H groups in total. The molecule has 0 fully saturated rings. The van der Waals surface area contributed by atoms with Crippen LogP contribution in [0.4, 0.5) is 26.3 Å². The fourth-order valence-electron chi connectivity index (χ4n) is 0.854. The summed E-state index contributed by atoms with van der Waals surface area (Å²) in [6, 6.07) is 0. The SMILES string of the molecule is CC(C)(S)C(S)(C(F)(F)F)C(F)(F)F. The van der Waals surface area contributed by atoms with E-state index < -0.39 is 21.8 Å². The maximum atomic E-state index is 12.3. The second-order valence-electron chi connectivity index (χ2n) is 3.26. The van der Waals surface area contributed by atoms with E-state index in [0.29, 0.717) is 13.8 Å². The molecule has 0 saturated carbocycles. The monoisotopic (exact) mass is 258 g/mol. The molecular formula is C6H8F6S2. The number of hydrogen-bond donors (Lipinski definition) is 2. The Hall–Kier alpha value is 0.280. The lowest BCUT2D eigenvalue weighted by molar-refractivity contribution is -0.269. The smallest absolute Gasteiger partial charge is 0.171 e. The van der Waals surface area contributed by atoms with E-state index in [4.69, 9.17) is 0 Å². The van der Waals surface area contributed by atoms with Crippen LogP contribution in [0.2, 0.25) is 0 Å². The topological polar surface area (TPSA) is 0 Å². The molecule has 0 unspecified atom stereocenters. The van der Waals surface area contributed by atoms with Crippen molar-refractivity contribution < 1.29 is 26.3 Å². The largest absolute Gasteiger partial charge is 0.413 e. The quantitative estimate of drug-likeness (QED) is 0.522. The zero-order valence-corrected chi connectivity index (χ0v) is 8.95. The van der Waals surface area contributed by atoms with Crippen LogP contribution in [0.1, 0.15) is 13.8 Å². The van der Waals surface area contributed by atoms with Gasteiger partial charge in [0.25, 0.3) is 0 Å². The molecular weight excluding hydrogens is 250 g/mol. The highest BCUT2D eigenvalue weighted by Gasteiger charge is 2.74. The van der Waals surface area contributed by atoms with Gasteiger partial charge in [0.15, 0.2) is 0 Å². The first-order valence-electron chi connectivity index (χ1n) is 3.33. The molecule has 0 aliphatic rings. The zero-order chi connectivity index (χ0) is 12.0. The van der Waals surface area contributed by atoms with E-state index in [1.807, 2.05) is 0 Å². The van der Waals surface area contributed by atoms with Crippen LogP contribution in [0.25, 0.3) is 0 Å². The highest BCUT2D eigenvalue weighted by Crippen LogP contribution is 2.55. The van der Waals surface area contributed by atoms with Gasteiger partial charge in [0.1, 0.15) is 0 Å². The van der Waals surface area contributed by atoms with Gasteiger partial charge in [-0.2, -0.15) is 51.6 Å². The molecule has 8 heteroatoms. The van der Waals surface area contributed by atoms with Crippen LogP contribution < -0.4 is 0 Å². The van der Waals surface area contributed by atoms with Gasteiger partial charge >= 0.3 is 12.4 Å². The Bertz CT molecular complexity index is 174. The maximum absolute atomic E-state index is 12.3. The molecule has 0 bridgehead atoms. The summed E-state index contributed by atoms with van der Waals surface area (Å²) in [5.74, 6) is 0. The summed E-state index contributed by atoms with van der Waals surface area (Å²) in [6.45, 7) is 1.42. The van der Waals surface area contributed by atoms with Gasteiger partial charge in [0.05, 0.1) is 0 Å². The van der Waals surface area contributed by atoms with E-state index in [1.54, 1.807) is 0 Å². The van der Waals surface area contributed by atoms with Gasteiger partial charge in [-0.3, -0.25) is 0 Å². The minimum atomic E-state index is -5.51. The highest BCUT2D eigenvalue weighted by atomic mass is 32.1. The molecule has 0 nitrogen and oxygen atoms in total. The van der Waals surface area contributed by atoms with Crippen molar-refractivity contribution in [1.29, 1.82) is 0 Å². The average molecular weight is 258 g/mol. The Labute approximate surface area is 87.9 Å². The molecule has 0 aromatic heterocycles. The average Bonchev–Trinajstić information content (AvgIpc) is 1.77. The molecule has 0 saturated heterocycles. The van der Waals surface area contributed by atoms with Gasteiger partial charge < -0.3 is 0 Å². The molecule has 0 amide bonds. The number of alkyl halides is 6. The summed E-state index contributed by atoms with van der Waals surface area (Å²) in [4.78, 5) is 0. The predicted molar refractivity (Wildman–Crippen MR) is 46.9 cm³/mol. The highest BCUT2D eigenvalue weighted by molar-refractivity contribution is 7.86. The van der Waals surface area contributed by atoms with Gasteiger partial charge in [-0.25, -0.2) is 0 Å². The summed E-state index contributed by atoms with van der Waals surface area (Å²) in [5.41, 5.74) is 0. The van der Waals surface area contributed by atoms with Crippen LogP contribution in [0, 0.1) is 0 Å². The Morgan fingerprint density at radius 1 is 0.714 bits per heavy atom. The number of halogens is 6. The number of rotatable bonds is 1. The Morgan fingerprint density at radius 2 is 0.929 bits per heavy atom. The van der Waals surface area contributed by atoms with Crippen molar-refractivity contribution in [1.82, 2.24) is 0 Å². The fraction of sp³-hybridized carbons (Fsp3) is 1.00. The summed E-state index contributed by atoms with van der Waals surface area (Å²) >= 11 is 6.04. The molecule has 14 heavy (non-hydrogen) atoms. The van der Waals surface area contributed by atoms with Crippen LogP contribution >= 0.6 is 25.3 Å². The van der Waals surface area contributed by atoms with E-state index in [-0.39, 0.29) is 0 Å². The zero-order valence-electron chi connectivity index (χ0n) is 7.16. The second-order valence-corrected chi connectivity index (χ2v) is 5.05. The van der Waals surface area contributed by atoms with Gasteiger partial charge in [0.2, 0.25) is 4.75 Å². The number of thiol groups is 2. The van der Waals surface area contributed by atoms with Crippen LogP contribution in [-0.4, -0.2) is 21.8 Å². The summed E-state index contributed by atoms with van der Waals surface area (Å²) in [5, 5.41) is 0. The third kappa shape index (κ3) is 2.10. The molecule has 0 aliphatic heterocycles. The molecule has 0 rings (SSSR count). The van der Waals surface area contributed by atoms with Gasteiger partial charge in [-0.15, -0.1) is 0 Å². The minimum Gasteiger partial charge on any atom is -0.171 e. The van der Waals surface area contributed by atoms with E-state index in [2.05, 4.69) is 25.3 Å². The van der Waals surface area contributed by atoms with Crippen LogP contribution in [0.3, 0.4) is 0 Å². The molecule has 0 aliphatic carbocycles. The first-order valence-corrected chi connectivity index (χ1v) is 4.23. The summed E-state index contributed by atoms with van der Waals surface area (Å²) < 4.78 is 67.0. The van der Waals surface area contributed by atoms with E-state index in [9.17, 15) is 26.3 Å². The predicted octanol–water partition coefficient (Wildman–Crippen LogP) is 3.49. The summed E-state index contributed by atoms with van der Waals surface area (Å²) in [6.07, 6.45) is -11.0. The number of hydrogen-bond acceptors (Lipinski definition) is 2. The van der Waals surface area contributed by atoms with E-state index in [1.165, 1.54) is 0 Å². The molecule has 0 radical (unpaired) electrons. The van der Waals surface area contributed by atoms with Crippen LogP contribution in [0.15, 0.2) is 0 Å². The van der Waals surface area contributed by atoms with Crippen LogP contribution in [-0.2, 0) is 0 Å². The fourth-order valence-corrected chi connectivity index (χ4v) is 1.11. The van der Waals surface area contributed by atoms with Crippen molar-refractivity contribution >= 4 is 25.3 Å². The minimum absolute atomic E-state index is 0.712. The van der Waals surface area contributed by atoms with Crippen molar-refractivity contribution in [3.8, 4) is 0 Å². The maximum Gasteiger partial charge on any atom is 0.413 e. The van der Waals surface area contributed by atoms with Gasteiger partial charge in [-0.05, 0) is 13.8 Å². The van der Waals surface area contributed by atoms with Crippen molar-refractivity contribution in [2.24, 2.45) is 0 Å². The third-order valence-electron chi connectivity index (χ3n) is 1.71. The molecule has 0 atom stereocenters. The normalized spacial score (nSPS) is 15.9. The standard InChI is InChI=1S/C6H8F6S2/c1-3(2,13)4(14,5(7,8)9)6(10,11)12/h13-14H,1-2H3. The molecule has 0 aromatic rings. The van der Waals surface area contributed by atoms with Gasteiger partial charge in [0, 0.05) is 4.75 Å². The molecule has 0 spiro atoms. The Balaban J connectivity index is 5.54. The molecule has 86 valence electrons. The lowest BCUT2D eigenvalue weighted by Gasteiger charge is -2.42. The third-order valence-corrected chi connectivity index (χ3v) is 3.28. The summed E-state index contributed by atoms with van der Waals surface area (Å²) in [7, 11) is 0. The molecule has 0 aromatic carbocycles. The van der Waals surface area contributed by atoms with Crippen molar-refractivity contribution in [3.63, 3.8) is 0 Å². The van der Waals surface area contributed by atoms with Crippen molar-refractivity contribution in [3.05, 3.63) is 0 Å². The van der Waals surface area contributed by atoms with Crippen molar-refractivity contribution in [2.45, 2.75) is 35.7 Å².